The Kier molecular flexibility index (Phi) is 2.98. The Labute approximate surface area is 112 Å². The average Bonchev–Trinajstić information content (AvgIpc) is 2.82. The van der Waals surface area contributed by atoms with Gasteiger partial charge in [0.25, 0.3) is 0 Å². The number of hydrogen-bond acceptors (Lipinski definition) is 4. The third kappa shape index (κ3) is 2.27. The molecule has 4 nitrogen and oxygen atoms in total. The number of benzene rings is 2. The van der Waals surface area contributed by atoms with Crippen LogP contribution in [0.1, 0.15) is 5.89 Å². The van der Waals surface area contributed by atoms with E-state index in [2.05, 4.69) is 4.98 Å². The normalized spacial score (nSPS) is 10.9. The molecule has 0 bridgehead atoms. The van der Waals surface area contributed by atoms with Crippen molar-refractivity contribution in [3.8, 4) is 5.75 Å². The van der Waals surface area contributed by atoms with E-state index in [9.17, 15) is 8.78 Å². The highest BCUT2D eigenvalue weighted by Crippen LogP contribution is 2.22. The number of halogens is 2. The molecule has 0 saturated heterocycles. The fourth-order valence-corrected chi connectivity index (χ4v) is 1.79. The summed E-state index contributed by atoms with van der Waals surface area (Å²) in [7, 11) is 0. The number of nitrogen functional groups attached to an aromatic ring is 1. The molecule has 1 aromatic heterocycles. The Morgan fingerprint density at radius 2 is 2.05 bits per heavy atom. The lowest BCUT2D eigenvalue weighted by molar-refractivity contribution is 0.252. The second kappa shape index (κ2) is 4.80. The number of ether oxygens (including phenoxy) is 1. The molecular formula is C14H10F2N2O2. The van der Waals surface area contributed by atoms with Gasteiger partial charge in [-0.25, -0.2) is 9.37 Å². The van der Waals surface area contributed by atoms with Crippen LogP contribution in [0, 0.1) is 11.6 Å². The minimum Gasteiger partial charge on any atom is -0.481 e. The third-order valence-electron chi connectivity index (χ3n) is 2.72. The summed E-state index contributed by atoms with van der Waals surface area (Å²) in [6, 6.07) is 8.74. The van der Waals surface area contributed by atoms with Gasteiger partial charge in [0.05, 0.1) is 0 Å². The summed E-state index contributed by atoms with van der Waals surface area (Å²) in [5, 5.41) is 0. The number of nitrogens with zero attached hydrogens (tertiary/aromatic N) is 1. The van der Waals surface area contributed by atoms with Crippen molar-refractivity contribution in [1.29, 1.82) is 0 Å². The first-order valence-corrected chi connectivity index (χ1v) is 5.85. The largest absolute Gasteiger partial charge is 0.481 e. The topological polar surface area (TPSA) is 61.3 Å². The van der Waals surface area contributed by atoms with E-state index in [0.717, 1.165) is 6.07 Å². The summed E-state index contributed by atoms with van der Waals surface area (Å²) < 4.78 is 37.0. The van der Waals surface area contributed by atoms with Gasteiger partial charge in [-0.1, -0.05) is 6.07 Å². The van der Waals surface area contributed by atoms with Gasteiger partial charge in [0.1, 0.15) is 5.52 Å². The first-order chi connectivity index (χ1) is 9.63. The SMILES string of the molecule is Nc1ccc2oc(COc3cccc(F)c3F)nc2c1. The van der Waals surface area contributed by atoms with Gasteiger partial charge >= 0.3 is 0 Å². The standard InChI is InChI=1S/C14H10F2N2O2/c15-9-2-1-3-12(14(9)16)19-7-13-18-10-6-8(17)4-5-11(10)20-13/h1-6H,7,17H2. The van der Waals surface area contributed by atoms with E-state index in [1.165, 1.54) is 12.1 Å². The molecule has 3 rings (SSSR count). The number of aromatic nitrogens is 1. The molecule has 0 atom stereocenters. The maximum absolute atomic E-state index is 13.4. The lowest BCUT2D eigenvalue weighted by Crippen LogP contribution is -1.98. The molecule has 1 heterocycles. The van der Waals surface area contributed by atoms with Gasteiger partial charge in [-0.15, -0.1) is 0 Å². The Morgan fingerprint density at radius 1 is 1.20 bits per heavy atom. The second-order valence-corrected chi connectivity index (χ2v) is 4.18. The number of fused-ring (bicyclic) bond motifs is 1. The van der Waals surface area contributed by atoms with Crippen LogP contribution in [0.3, 0.4) is 0 Å². The molecule has 0 amide bonds. The van der Waals surface area contributed by atoms with Gasteiger partial charge in [-0.3, -0.25) is 0 Å². The Morgan fingerprint density at radius 3 is 2.90 bits per heavy atom. The van der Waals surface area contributed by atoms with Crippen LogP contribution in [-0.2, 0) is 6.61 Å². The van der Waals surface area contributed by atoms with Crippen molar-refractivity contribution in [1.82, 2.24) is 4.98 Å². The number of oxazole rings is 1. The zero-order valence-corrected chi connectivity index (χ0v) is 10.3. The van der Waals surface area contributed by atoms with Crippen LogP contribution in [0.5, 0.6) is 5.75 Å². The van der Waals surface area contributed by atoms with Crippen molar-refractivity contribution in [3.63, 3.8) is 0 Å². The summed E-state index contributed by atoms with van der Waals surface area (Å²) in [4.78, 5) is 4.15. The van der Waals surface area contributed by atoms with Gasteiger partial charge in [0.2, 0.25) is 11.7 Å². The quantitative estimate of drug-likeness (QED) is 0.746. The lowest BCUT2D eigenvalue weighted by Gasteiger charge is -2.04. The van der Waals surface area contributed by atoms with Crippen molar-refractivity contribution < 1.29 is 17.9 Å². The molecule has 0 unspecified atom stereocenters. The Hall–Kier alpha value is -2.63. The molecule has 0 aliphatic carbocycles. The molecule has 102 valence electrons. The van der Waals surface area contributed by atoms with Crippen LogP contribution in [0.25, 0.3) is 11.1 Å². The molecule has 20 heavy (non-hydrogen) atoms. The summed E-state index contributed by atoms with van der Waals surface area (Å²) in [5.41, 5.74) is 7.33. The first kappa shape index (κ1) is 12.4. The minimum absolute atomic E-state index is 0.102. The van der Waals surface area contributed by atoms with Crippen LogP contribution in [0.2, 0.25) is 0 Å². The summed E-state index contributed by atoms with van der Waals surface area (Å²) in [6.07, 6.45) is 0. The van der Waals surface area contributed by atoms with Crippen molar-refractivity contribution >= 4 is 16.8 Å². The van der Waals surface area contributed by atoms with Crippen molar-refractivity contribution in [3.05, 3.63) is 53.9 Å². The molecule has 2 N–H and O–H groups in total. The molecule has 0 saturated carbocycles. The van der Waals surface area contributed by atoms with Gasteiger partial charge in [0.15, 0.2) is 23.8 Å². The molecular weight excluding hydrogens is 266 g/mol. The molecule has 2 aromatic carbocycles. The molecule has 0 aliphatic rings. The van der Waals surface area contributed by atoms with Gasteiger partial charge in [0, 0.05) is 5.69 Å². The van der Waals surface area contributed by atoms with E-state index in [1.807, 2.05) is 0 Å². The van der Waals surface area contributed by atoms with Crippen LogP contribution in [-0.4, -0.2) is 4.98 Å². The summed E-state index contributed by atoms with van der Waals surface area (Å²) in [5.74, 6) is -1.93. The highest BCUT2D eigenvalue weighted by atomic mass is 19.2. The van der Waals surface area contributed by atoms with Gasteiger partial charge < -0.3 is 14.9 Å². The summed E-state index contributed by atoms with van der Waals surface area (Å²) >= 11 is 0. The van der Waals surface area contributed by atoms with E-state index in [-0.39, 0.29) is 18.2 Å². The van der Waals surface area contributed by atoms with Crippen molar-refractivity contribution in [2.45, 2.75) is 6.61 Å². The Balaban J connectivity index is 1.81. The van der Waals surface area contributed by atoms with Crippen LogP contribution in [0.4, 0.5) is 14.5 Å². The monoisotopic (exact) mass is 276 g/mol. The highest BCUT2D eigenvalue weighted by Gasteiger charge is 2.11. The van der Waals surface area contributed by atoms with Crippen LogP contribution >= 0.6 is 0 Å². The maximum Gasteiger partial charge on any atom is 0.233 e. The van der Waals surface area contributed by atoms with E-state index in [1.54, 1.807) is 18.2 Å². The zero-order chi connectivity index (χ0) is 14.1. The minimum atomic E-state index is -1.03. The first-order valence-electron chi connectivity index (χ1n) is 5.85. The predicted octanol–water partition coefficient (Wildman–Crippen LogP) is 3.27. The predicted molar refractivity (Wildman–Crippen MR) is 69.1 cm³/mol. The van der Waals surface area contributed by atoms with E-state index in [4.69, 9.17) is 14.9 Å². The fourth-order valence-electron chi connectivity index (χ4n) is 1.79. The Bertz CT molecular complexity index is 771. The molecule has 0 fully saturated rings. The van der Waals surface area contributed by atoms with Crippen LogP contribution in [0.15, 0.2) is 40.8 Å². The van der Waals surface area contributed by atoms with Crippen molar-refractivity contribution in [2.24, 2.45) is 0 Å². The molecule has 0 aliphatic heterocycles. The second-order valence-electron chi connectivity index (χ2n) is 4.18. The highest BCUT2D eigenvalue weighted by molar-refractivity contribution is 5.76. The third-order valence-corrected chi connectivity index (χ3v) is 2.72. The average molecular weight is 276 g/mol. The number of hydrogen-bond donors (Lipinski definition) is 1. The van der Waals surface area contributed by atoms with Crippen molar-refractivity contribution in [2.75, 3.05) is 5.73 Å². The number of nitrogens with two attached hydrogens (primary N) is 1. The van der Waals surface area contributed by atoms with Gasteiger partial charge in [-0.2, -0.15) is 4.39 Å². The maximum atomic E-state index is 13.4. The lowest BCUT2D eigenvalue weighted by atomic mass is 10.3. The molecule has 0 radical (unpaired) electrons. The molecule has 6 heteroatoms. The molecule has 0 spiro atoms. The number of rotatable bonds is 3. The fraction of sp³-hybridized carbons (Fsp3) is 0.0714. The van der Waals surface area contributed by atoms with E-state index in [0.29, 0.717) is 16.8 Å². The summed E-state index contributed by atoms with van der Waals surface area (Å²) in [6.45, 7) is -0.102. The van der Waals surface area contributed by atoms with Crippen LogP contribution < -0.4 is 10.5 Å². The molecule has 3 aromatic rings. The number of anilines is 1. The van der Waals surface area contributed by atoms with E-state index >= 15 is 0 Å². The smallest absolute Gasteiger partial charge is 0.233 e. The zero-order valence-electron chi connectivity index (χ0n) is 10.3. The van der Waals surface area contributed by atoms with Gasteiger partial charge in [-0.05, 0) is 30.3 Å². The van der Waals surface area contributed by atoms with E-state index < -0.39 is 11.6 Å².